The Bertz CT molecular complexity index is 1360. The Morgan fingerprint density at radius 3 is 2.74 bits per heavy atom. The Balaban J connectivity index is 1.69. The van der Waals surface area contributed by atoms with E-state index in [9.17, 15) is 14.5 Å². The summed E-state index contributed by atoms with van der Waals surface area (Å²) in [5.41, 5.74) is 4.84. The van der Waals surface area contributed by atoms with Gasteiger partial charge in [-0.05, 0) is 68.2 Å². The highest BCUT2D eigenvalue weighted by Crippen LogP contribution is 2.31. The predicted molar refractivity (Wildman–Crippen MR) is 128 cm³/mol. The monoisotopic (exact) mass is 525 g/mol. The van der Waals surface area contributed by atoms with Crippen molar-refractivity contribution in [2.24, 2.45) is 7.05 Å². The molecule has 4 aromatic rings. The maximum absolute atomic E-state index is 14.2. The molecule has 4 rings (SSSR count). The first-order valence-electron chi connectivity index (χ1n) is 10.5. The van der Waals surface area contributed by atoms with E-state index < -0.39 is 16.6 Å². The summed E-state index contributed by atoms with van der Waals surface area (Å²) in [6.45, 7) is 1.95. The number of pyridine rings is 2. The molecule has 0 aliphatic heterocycles. The van der Waals surface area contributed by atoms with Crippen molar-refractivity contribution in [2.75, 3.05) is 0 Å². The number of aryl methyl sites for hydroxylation is 2. The number of benzene rings is 1. The van der Waals surface area contributed by atoms with Crippen LogP contribution in [0.4, 0.5) is 10.2 Å². The molecule has 3 heterocycles. The zero-order chi connectivity index (χ0) is 24.2. The van der Waals surface area contributed by atoms with E-state index in [1.54, 1.807) is 12.3 Å². The Kier molecular flexibility index (Phi) is 6.97. The van der Waals surface area contributed by atoms with Crippen LogP contribution in [0.15, 0.2) is 59.3 Å². The van der Waals surface area contributed by atoms with Crippen molar-refractivity contribution in [1.82, 2.24) is 19.7 Å². The average molecular weight is 526 g/mol. The molecule has 0 spiro atoms. The first-order chi connectivity index (χ1) is 16.4. The van der Waals surface area contributed by atoms with Gasteiger partial charge in [0, 0.05) is 42.6 Å². The van der Waals surface area contributed by atoms with Gasteiger partial charge in [0.05, 0.1) is 15.9 Å². The maximum atomic E-state index is 14.2. The minimum absolute atomic E-state index is 0.0159. The van der Waals surface area contributed by atoms with Crippen LogP contribution in [0.25, 0.3) is 11.3 Å². The van der Waals surface area contributed by atoms with Crippen molar-refractivity contribution >= 4 is 21.7 Å². The Labute approximate surface area is 203 Å². The van der Waals surface area contributed by atoms with E-state index in [-0.39, 0.29) is 12.4 Å². The largest absolute Gasteiger partial charge is 0.481 e. The fourth-order valence-corrected chi connectivity index (χ4v) is 3.96. The Hall–Kier alpha value is -3.66. The van der Waals surface area contributed by atoms with Gasteiger partial charge in [0.2, 0.25) is 5.75 Å². The van der Waals surface area contributed by atoms with Gasteiger partial charge in [-0.3, -0.25) is 9.67 Å². The maximum Gasteiger partial charge on any atom is 0.406 e. The molecule has 1 aromatic carbocycles. The van der Waals surface area contributed by atoms with Gasteiger partial charge in [0.25, 0.3) is 0 Å². The summed E-state index contributed by atoms with van der Waals surface area (Å²) < 4.78 is 22.3. The third-order valence-corrected chi connectivity index (χ3v) is 5.76. The first kappa shape index (κ1) is 23.5. The van der Waals surface area contributed by atoms with Crippen LogP contribution in [0.3, 0.4) is 0 Å². The molecule has 34 heavy (non-hydrogen) atoms. The fraction of sp³-hybridized carbons (Fsp3) is 0.208. The summed E-state index contributed by atoms with van der Waals surface area (Å²) in [7, 11) is 1.90. The highest BCUT2D eigenvalue weighted by Gasteiger charge is 2.20. The van der Waals surface area contributed by atoms with E-state index in [1.165, 1.54) is 24.4 Å². The molecule has 0 amide bonds. The molecule has 0 unspecified atom stereocenters. The topological polar surface area (TPSA) is 96.0 Å². The summed E-state index contributed by atoms with van der Waals surface area (Å²) in [6, 6.07) is 11.7. The van der Waals surface area contributed by atoms with Crippen LogP contribution in [-0.4, -0.2) is 24.7 Å². The van der Waals surface area contributed by atoms with Gasteiger partial charge in [-0.15, -0.1) is 0 Å². The molecule has 0 atom stereocenters. The van der Waals surface area contributed by atoms with E-state index in [0.717, 1.165) is 23.4 Å². The fourth-order valence-electron chi connectivity index (χ4n) is 3.65. The Morgan fingerprint density at radius 2 is 2.00 bits per heavy atom. The summed E-state index contributed by atoms with van der Waals surface area (Å²) >= 11 is 3.25. The van der Waals surface area contributed by atoms with Gasteiger partial charge in [-0.1, -0.05) is 13.0 Å². The van der Waals surface area contributed by atoms with Crippen molar-refractivity contribution in [1.29, 1.82) is 0 Å². The number of rotatable bonds is 8. The molecule has 174 valence electrons. The normalized spacial score (nSPS) is 10.9. The van der Waals surface area contributed by atoms with Gasteiger partial charge in [-0.25, -0.2) is 4.39 Å². The van der Waals surface area contributed by atoms with Crippen LogP contribution in [0.2, 0.25) is 0 Å². The minimum Gasteiger partial charge on any atom is -0.481 e. The first-order valence-corrected chi connectivity index (χ1v) is 11.3. The van der Waals surface area contributed by atoms with Crippen LogP contribution in [-0.2, 0) is 26.5 Å². The smallest absolute Gasteiger partial charge is 0.406 e. The molecular formula is C24H21BrFN5O3. The van der Waals surface area contributed by atoms with Crippen molar-refractivity contribution in [2.45, 2.75) is 26.4 Å². The molecule has 3 aromatic heterocycles. The van der Waals surface area contributed by atoms with Gasteiger partial charge in [-0.2, -0.15) is 5.10 Å². The lowest BCUT2D eigenvalue weighted by Crippen LogP contribution is -2.05. The number of hydrogen-bond acceptors (Lipinski definition) is 6. The molecular weight excluding hydrogens is 505 g/mol. The van der Waals surface area contributed by atoms with E-state index in [4.69, 9.17) is 4.74 Å². The van der Waals surface area contributed by atoms with Crippen molar-refractivity contribution in [3.8, 4) is 17.0 Å². The average Bonchev–Trinajstić information content (AvgIpc) is 3.17. The zero-order valence-electron chi connectivity index (χ0n) is 18.5. The lowest BCUT2D eigenvalue weighted by atomic mass is 9.98. The molecule has 0 N–H and O–H groups in total. The third-order valence-electron chi connectivity index (χ3n) is 5.33. The Morgan fingerprint density at radius 1 is 1.18 bits per heavy atom. The third kappa shape index (κ3) is 5.12. The standard InChI is InChI=1S/C24H21BrFN5O3/c1-3-19-12-20(30(2)29-19)10-15-5-4-8-27-23(15)21-7-6-18(26)9-16(21)14-34-22-11-17(25)13-28-24(22)31(32)33/h4-9,11-13H,3,10,14H2,1-2H3. The molecule has 0 aliphatic rings. The number of aromatic nitrogens is 4. The summed E-state index contributed by atoms with van der Waals surface area (Å²) in [5, 5.41) is 15.8. The van der Waals surface area contributed by atoms with Gasteiger partial charge in [0.15, 0.2) is 6.20 Å². The molecule has 0 saturated heterocycles. The van der Waals surface area contributed by atoms with Crippen molar-refractivity contribution in [3.05, 3.63) is 97.8 Å². The van der Waals surface area contributed by atoms with Crippen LogP contribution in [0.5, 0.6) is 5.75 Å². The molecule has 10 heteroatoms. The molecule has 8 nitrogen and oxygen atoms in total. The SMILES string of the molecule is CCc1cc(Cc2cccnc2-c2ccc(F)cc2COc2cc(Br)cnc2[N+](=O)[O-])n(C)n1. The lowest BCUT2D eigenvalue weighted by molar-refractivity contribution is -0.390. The van der Waals surface area contributed by atoms with Crippen LogP contribution in [0, 0.1) is 15.9 Å². The van der Waals surface area contributed by atoms with E-state index in [1.807, 2.05) is 23.9 Å². The van der Waals surface area contributed by atoms with Gasteiger partial charge in [0.1, 0.15) is 12.4 Å². The van der Waals surface area contributed by atoms with Crippen molar-refractivity contribution < 1.29 is 14.1 Å². The zero-order valence-corrected chi connectivity index (χ0v) is 20.1. The number of hydrogen-bond donors (Lipinski definition) is 0. The summed E-state index contributed by atoms with van der Waals surface area (Å²) in [6.07, 6.45) is 4.42. The summed E-state index contributed by atoms with van der Waals surface area (Å²) in [5.74, 6) is -0.874. The summed E-state index contributed by atoms with van der Waals surface area (Å²) in [4.78, 5) is 19.1. The number of ether oxygens (including phenoxy) is 1. The second-order valence-corrected chi connectivity index (χ2v) is 8.53. The highest BCUT2D eigenvalue weighted by atomic mass is 79.9. The molecule has 0 fully saturated rings. The quantitative estimate of drug-likeness (QED) is 0.225. The van der Waals surface area contributed by atoms with Gasteiger partial charge < -0.3 is 14.9 Å². The minimum atomic E-state index is -0.621. The van der Waals surface area contributed by atoms with Crippen LogP contribution in [0.1, 0.15) is 29.4 Å². The van der Waals surface area contributed by atoms with E-state index in [2.05, 4.69) is 44.0 Å². The van der Waals surface area contributed by atoms with E-state index in [0.29, 0.717) is 27.7 Å². The second-order valence-electron chi connectivity index (χ2n) is 7.61. The number of nitrogens with zero attached hydrogens (tertiary/aromatic N) is 5. The lowest BCUT2D eigenvalue weighted by Gasteiger charge is -2.14. The molecule has 0 bridgehead atoms. The van der Waals surface area contributed by atoms with Crippen molar-refractivity contribution in [3.63, 3.8) is 0 Å². The molecule has 0 aliphatic carbocycles. The predicted octanol–water partition coefficient (Wildman–Crippen LogP) is 5.42. The second kappa shape index (κ2) is 10.1. The molecule has 0 radical (unpaired) electrons. The van der Waals surface area contributed by atoms with Gasteiger partial charge >= 0.3 is 5.82 Å². The van der Waals surface area contributed by atoms with Crippen LogP contribution < -0.4 is 4.74 Å². The molecule has 0 saturated carbocycles. The van der Waals surface area contributed by atoms with Crippen LogP contribution >= 0.6 is 15.9 Å². The number of nitro groups is 1. The van der Waals surface area contributed by atoms with E-state index >= 15 is 0 Å². The highest BCUT2D eigenvalue weighted by molar-refractivity contribution is 9.10. The number of halogens is 2.